The van der Waals surface area contributed by atoms with Crippen molar-refractivity contribution in [1.82, 2.24) is 15.1 Å². The molecule has 0 aliphatic carbocycles. The molecule has 0 radical (unpaired) electrons. The van der Waals surface area contributed by atoms with Crippen LogP contribution in [0, 0.1) is 11.7 Å². The van der Waals surface area contributed by atoms with E-state index in [9.17, 15) is 9.18 Å². The van der Waals surface area contributed by atoms with Gasteiger partial charge < -0.3 is 9.80 Å². The minimum atomic E-state index is -0.188. The van der Waals surface area contributed by atoms with Crippen LogP contribution in [0.5, 0.6) is 0 Å². The van der Waals surface area contributed by atoms with E-state index in [0.29, 0.717) is 23.9 Å². The lowest BCUT2D eigenvalue weighted by Gasteiger charge is -2.35. The Morgan fingerprint density at radius 1 is 1.20 bits per heavy atom. The summed E-state index contributed by atoms with van der Waals surface area (Å²) in [5.74, 6) is 0.641. The van der Waals surface area contributed by atoms with Crippen molar-refractivity contribution < 1.29 is 9.18 Å². The molecule has 2 aliphatic rings. The molecule has 5 nitrogen and oxygen atoms in total. The van der Waals surface area contributed by atoms with Crippen LogP contribution in [0.3, 0.4) is 0 Å². The van der Waals surface area contributed by atoms with Gasteiger partial charge in [0.25, 0.3) is 0 Å². The zero-order valence-electron chi connectivity index (χ0n) is 14.2. The van der Waals surface area contributed by atoms with Gasteiger partial charge in [0.2, 0.25) is 5.91 Å². The molecule has 0 atom stereocenters. The first-order valence-corrected chi connectivity index (χ1v) is 9.02. The summed E-state index contributed by atoms with van der Waals surface area (Å²) >= 11 is 0. The molecule has 6 heteroatoms. The van der Waals surface area contributed by atoms with Gasteiger partial charge in [-0.1, -0.05) is 6.07 Å². The highest BCUT2D eigenvalue weighted by atomic mass is 19.1. The van der Waals surface area contributed by atoms with Crippen molar-refractivity contribution in [3.63, 3.8) is 0 Å². The fraction of sp³-hybridized carbons (Fsp3) is 0.474. The van der Waals surface area contributed by atoms with Gasteiger partial charge in [-0.3, -0.25) is 9.89 Å². The number of hydrogen-bond donors (Lipinski definition) is 1. The Hall–Kier alpha value is -2.37. The van der Waals surface area contributed by atoms with Gasteiger partial charge in [0.05, 0.1) is 11.9 Å². The fourth-order valence-electron chi connectivity index (χ4n) is 3.92. The number of halogens is 1. The van der Waals surface area contributed by atoms with E-state index in [1.54, 1.807) is 18.5 Å². The van der Waals surface area contributed by atoms with Crippen LogP contribution in [0.25, 0.3) is 11.1 Å². The number of H-pyrrole nitrogens is 1. The number of nitrogens with zero attached hydrogens (tertiary/aromatic N) is 3. The second-order valence-electron chi connectivity index (χ2n) is 7.03. The number of carbonyl (C=O) groups excluding carboxylic acids is 1. The summed E-state index contributed by atoms with van der Waals surface area (Å²) in [6, 6.07) is 5.38. The van der Waals surface area contributed by atoms with Crippen LogP contribution in [0.15, 0.2) is 30.6 Å². The lowest BCUT2D eigenvalue weighted by molar-refractivity contribution is -0.128. The van der Waals surface area contributed by atoms with Crippen molar-refractivity contribution in [2.75, 3.05) is 31.1 Å². The monoisotopic (exact) mass is 342 g/mol. The van der Waals surface area contributed by atoms with Gasteiger partial charge in [-0.15, -0.1) is 0 Å². The Morgan fingerprint density at radius 3 is 2.68 bits per heavy atom. The summed E-state index contributed by atoms with van der Waals surface area (Å²) in [6.07, 6.45) is 7.16. The van der Waals surface area contributed by atoms with E-state index < -0.39 is 0 Å². The van der Waals surface area contributed by atoms with Crippen LogP contribution in [0.4, 0.5) is 10.1 Å². The number of likely N-dealkylation sites (tertiary alicyclic amines) is 1. The van der Waals surface area contributed by atoms with Gasteiger partial charge >= 0.3 is 0 Å². The molecular formula is C19H23FN4O. The number of hydrogen-bond acceptors (Lipinski definition) is 3. The highest BCUT2D eigenvalue weighted by Crippen LogP contribution is 2.30. The molecule has 2 aliphatic heterocycles. The second-order valence-corrected chi connectivity index (χ2v) is 7.03. The maximum absolute atomic E-state index is 14.6. The lowest BCUT2D eigenvalue weighted by Crippen LogP contribution is -2.39. The molecule has 0 bridgehead atoms. The minimum Gasteiger partial charge on any atom is -0.369 e. The van der Waals surface area contributed by atoms with Gasteiger partial charge in [-0.25, -0.2) is 4.39 Å². The van der Waals surface area contributed by atoms with Crippen molar-refractivity contribution >= 4 is 11.6 Å². The molecule has 1 aromatic heterocycles. The van der Waals surface area contributed by atoms with E-state index in [1.165, 1.54) is 0 Å². The van der Waals surface area contributed by atoms with Crippen molar-refractivity contribution in [2.45, 2.75) is 25.7 Å². The van der Waals surface area contributed by atoms with Crippen LogP contribution in [0.2, 0.25) is 0 Å². The first-order chi connectivity index (χ1) is 12.2. The standard InChI is InChI=1S/C19H23FN4O/c20-17-10-15(16-11-21-22-12-16)3-4-18(17)23-8-5-14(6-9-23)13-24-7-1-2-19(24)25/h3-4,10-12,14H,1-2,5-9,13H2,(H,21,22). The third-order valence-electron chi connectivity index (χ3n) is 5.38. The molecule has 4 rings (SSSR count). The highest BCUT2D eigenvalue weighted by Gasteiger charge is 2.27. The van der Waals surface area contributed by atoms with Gasteiger partial charge in [-0.2, -0.15) is 5.10 Å². The first-order valence-electron chi connectivity index (χ1n) is 9.02. The number of nitrogens with one attached hydrogen (secondary N) is 1. The molecule has 25 heavy (non-hydrogen) atoms. The molecule has 1 N–H and O–H groups in total. The molecule has 2 fully saturated rings. The number of rotatable bonds is 4. The van der Waals surface area contributed by atoms with Crippen molar-refractivity contribution in [3.05, 3.63) is 36.4 Å². The molecule has 132 valence electrons. The maximum Gasteiger partial charge on any atom is 0.222 e. The van der Waals surface area contributed by atoms with E-state index in [1.807, 2.05) is 17.0 Å². The smallest absolute Gasteiger partial charge is 0.222 e. The van der Waals surface area contributed by atoms with Crippen LogP contribution in [0.1, 0.15) is 25.7 Å². The number of aromatic nitrogens is 2. The maximum atomic E-state index is 14.6. The topological polar surface area (TPSA) is 52.2 Å². The van der Waals surface area contributed by atoms with Gasteiger partial charge in [0.15, 0.2) is 0 Å². The zero-order valence-corrected chi connectivity index (χ0v) is 14.2. The van der Waals surface area contributed by atoms with E-state index in [0.717, 1.165) is 56.6 Å². The number of aromatic amines is 1. The van der Waals surface area contributed by atoms with E-state index in [4.69, 9.17) is 0 Å². The summed E-state index contributed by atoms with van der Waals surface area (Å²) < 4.78 is 14.6. The average Bonchev–Trinajstić information content (AvgIpc) is 3.28. The molecule has 0 spiro atoms. The highest BCUT2D eigenvalue weighted by molar-refractivity contribution is 5.78. The molecule has 2 saturated heterocycles. The van der Waals surface area contributed by atoms with E-state index in [-0.39, 0.29) is 5.82 Å². The van der Waals surface area contributed by atoms with Crippen LogP contribution in [-0.2, 0) is 4.79 Å². The van der Waals surface area contributed by atoms with Gasteiger partial charge in [-0.05, 0) is 42.9 Å². The predicted octanol–water partition coefficient (Wildman–Crippen LogP) is 3.05. The molecule has 2 aromatic rings. The van der Waals surface area contributed by atoms with E-state index in [2.05, 4.69) is 15.1 Å². The SMILES string of the molecule is O=C1CCCN1CC1CCN(c2ccc(-c3cn[nH]c3)cc2F)CC1. The van der Waals surface area contributed by atoms with Crippen molar-refractivity contribution in [1.29, 1.82) is 0 Å². The summed E-state index contributed by atoms with van der Waals surface area (Å²) in [5.41, 5.74) is 2.39. The Kier molecular flexibility index (Phi) is 4.42. The second kappa shape index (κ2) is 6.86. The Morgan fingerprint density at radius 2 is 2.04 bits per heavy atom. The Bertz CT molecular complexity index is 738. The third kappa shape index (κ3) is 3.38. The van der Waals surface area contributed by atoms with Crippen molar-refractivity contribution in [2.24, 2.45) is 5.92 Å². The average molecular weight is 342 g/mol. The Labute approximate surface area is 146 Å². The van der Waals surface area contributed by atoms with E-state index >= 15 is 0 Å². The zero-order chi connectivity index (χ0) is 17.2. The quantitative estimate of drug-likeness (QED) is 0.929. The number of amides is 1. The van der Waals surface area contributed by atoms with Crippen LogP contribution in [-0.4, -0.2) is 47.2 Å². The normalized spacial score (nSPS) is 19.0. The summed E-state index contributed by atoms with van der Waals surface area (Å²) in [5, 5.41) is 6.66. The molecule has 1 aromatic carbocycles. The summed E-state index contributed by atoms with van der Waals surface area (Å²) in [4.78, 5) is 15.9. The number of piperidine rings is 1. The minimum absolute atomic E-state index is 0.188. The molecule has 1 amide bonds. The number of carbonyl (C=O) groups is 1. The summed E-state index contributed by atoms with van der Waals surface area (Å²) in [6.45, 7) is 3.46. The molecule has 0 saturated carbocycles. The first kappa shape index (κ1) is 16.1. The molecular weight excluding hydrogens is 319 g/mol. The Balaban J connectivity index is 1.38. The summed E-state index contributed by atoms with van der Waals surface area (Å²) in [7, 11) is 0. The van der Waals surface area contributed by atoms with Crippen molar-refractivity contribution in [3.8, 4) is 11.1 Å². The van der Waals surface area contributed by atoms with Gasteiger partial charge in [0, 0.05) is 44.4 Å². The van der Waals surface area contributed by atoms with Crippen LogP contribution >= 0.6 is 0 Å². The third-order valence-corrected chi connectivity index (χ3v) is 5.38. The number of anilines is 1. The molecule has 0 unspecified atom stereocenters. The molecule has 3 heterocycles. The van der Waals surface area contributed by atoms with Gasteiger partial charge in [0.1, 0.15) is 5.82 Å². The lowest BCUT2D eigenvalue weighted by atomic mass is 9.95. The predicted molar refractivity (Wildman–Crippen MR) is 94.7 cm³/mol. The largest absolute Gasteiger partial charge is 0.369 e. The van der Waals surface area contributed by atoms with Crippen LogP contribution < -0.4 is 4.90 Å². The fourth-order valence-corrected chi connectivity index (χ4v) is 3.92. The number of benzene rings is 1.